The second-order valence-electron chi connectivity index (χ2n) is 16.6. The molecule has 0 spiro atoms. The summed E-state index contributed by atoms with van der Waals surface area (Å²) >= 11 is 0. The van der Waals surface area contributed by atoms with Gasteiger partial charge in [-0.25, -0.2) is 0 Å². The third-order valence-electron chi connectivity index (χ3n) is 15.1. The molecule has 4 heteroatoms. The minimum absolute atomic E-state index is 0.0145. The highest BCUT2D eigenvalue weighted by molar-refractivity contribution is 5.22. The van der Waals surface area contributed by atoms with Crippen molar-refractivity contribution < 1.29 is 10.2 Å². The molecule has 220 valence electrons. The first-order chi connectivity index (χ1) is 18.4. The summed E-state index contributed by atoms with van der Waals surface area (Å²) in [5.74, 6) is 10.6. The number of hydrogen-bond donors (Lipinski definition) is 2. The minimum atomic E-state index is -0.157. The molecule has 0 radical (unpaired) electrons. The first-order valence-electron chi connectivity index (χ1n) is 16.6. The van der Waals surface area contributed by atoms with Crippen molar-refractivity contribution in [3.05, 3.63) is 0 Å². The molecule has 0 aromatic heterocycles. The zero-order chi connectivity index (χ0) is 27.8. The van der Waals surface area contributed by atoms with Crippen LogP contribution in [-0.4, -0.2) is 72.5 Å². The van der Waals surface area contributed by atoms with E-state index >= 15 is 0 Å². The second kappa shape index (κ2) is 9.72. The molecule has 39 heavy (non-hydrogen) atoms. The highest BCUT2D eigenvalue weighted by atomic mass is 16.3. The first-order valence-corrected chi connectivity index (χ1v) is 16.6. The Hall–Kier alpha value is -0.600. The van der Waals surface area contributed by atoms with E-state index in [0.29, 0.717) is 46.5 Å². The van der Waals surface area contributed by atoms with Crippen LogP contribution in [0, 0.1) is 68.5 Å². The van der Waals surface area contributed by atoms with Crippen LogP contribution in [0.5, 0.6) is 0 Å². The minimum Gasteiger partial charge on any atom is -0.396 e. The molecule has 0 bridgehead atoms. The predicted molar refractivity (Wildman–Crippen MR) is 159 cm³/mol. The van der Waals surface area contributed by atoms with Crippen molar-refractivity contribution in [3.63, 3.8) is 0 Å². The summed E-state index contributed by atoms with van der Waals surface area (Å²) in [6, 6.07) is 0. The summed E-state index contributed by atoms with van der Waals surface area (Å²) in [4.78, 5) is 4.95. The number of fused-ring (bicyclic) bond motifs is 7. The molecule has 5 aliphatic carbocycles. The van der Waals surface area contributed by atoms with Gasteiger partial charge in [0.15, 0.2) is 0 Å². The summed E-state index contributed by atoms with van der Waals surface area (Å²) < 4.78 is 0. The van der Waals surface area contributed by atoms with Gasteiger partial charge >= 0.3 is 0 Å². The molecule has 0 aromatic rings. The van der Waals surface area contributed by atoms with Crippen LogP contribution in [0.15, 0.2) is 0 Å². The molecule has 1 heterocycles. The fourth-order valence-corrected chi connectivity index (χ4v) is 12.5. The van der Waals surface area contributed by atoms with Crippen LogP contribution >= 0.6 is 0 Å². The lowest BCUT2D eigenvalue weighted by Crippen LogP contribution is -2.66. The van der Waals surface area contributed by atoms with E-state index < -0.39 is 0 Å². The molecular formula is C35H58N2O2. The molecule has 1 saturated heterocycles. The zero-order valence-corrected chi connectivity index (χ0v) is 26.1. The Kier molecular flexibility index (Phi) is 7.11. The van der Waals surface area contributed by atoms with Gasteiger partial charge in [-0.1, -0.05) is 46.5 Å². The average molecular weight is 539 g/mol. The molecule has 2 N–H and O–H groups in total. The lowest BCUT2D eigenvalue weighted by molar-refractivity contribution is -0.249. The normalized spacial score (nSPS) is 51.6. The number of hydrogen-bond acceptors (Lipinski definition) is 4. The van der Waals surface area contributed by atoms with Crippen LogP contribution < -0.4 is 0 Å². The molecule has 10 atom stereocenters. The Bertz CT molecular complexity index is 992. The highest BCUT2D eigenvalue weighted by Crippen LogP contribution is 2.77. The van der Waals surface area contributed by atoms with Crippen LogP contribution in [0.25, 0.3) is 0 Å². The average Bonchev–Trinajstić information content (AvgIpc) is 3.27. The smallest absolute Gasteiger partial charge is 0.0602 e. The van der Waals surface area contributed by atoms with Crippen molar-refractivity contribution in [3.8, 4) is 11.8 Å². The number of aliphatic hydroxyl groups is 2. The Labute approximate surface area is 239 Å². The summed E-state index contributed by atoms with van der Waals surface area (Å²) in [7, 11) is 2.22. The molecular weight excluding hydrogens is 480 g/mol. The second-order valence-corrected chi connectivity index (χ2v) is 16.6. The van der Waals surface area contributed by atoms with E-state index in [2.05, 4.69) is 63.3 Å². The highest BCUT2D eigenvalue weighted by Gasteiger charge is 2.70. The number of aliphatic hydroxyl groups excluding tert-OH is 2. The topological polar surface area (TPSA) is 46.9 Å². The molecule has 4 nitrogen and oxygen atoms in total. The van der Waals surface area contributed by atoms with E-state index in [9.17, 15) is 10.2 Å². The quantitative estimate of drug-likeness (QED) is 0.445. The van der Waals surface area contributed by atoms with Crippen molar-refractivity contribution in [1.82, 2.24) is 9.80 Å². The van der Waals surface area contributed by atoms with Gasteiger partial charge in [-0.3, -0.25) is 4.90 Å². The molecule has 0 unspecified atom stereocenters. The Balaban J connectivity index is 1.28. The van der Waals surface area contributed by atoms with Crippen molar-refractivity contribution in [1.29, 1.82) is 0 Å². The van der Waals surface area contributed by atoms with Gasteiger partial charge in [-0.05, 0) is 122 Å². The first kappa shape index (κ1) is 28.5. The van der Waals surface area contributed by atoms with Crippen molar-refractivity contribution in [2.24, 2.45) is 56.7 Å². The van der Waals surface area contributed by atoms with E-state index in [1.807, 2.05) is 0 Å². The summed E-state index contributed by atoms with van der Waals surface area (Å²) in [6.45, 7) is 18.5. The van der Waals surface area contributed by atoms with Gasteiger partial charge in [0.2, 0.25) is 0 Å². The van der Waals surface area contributed by atoms with E-state index in [4.69, 9.17) is 0 Å². The third kappa shape index (κ3) is 4.06. The molecule has 6 fully saturated rings. The van der Waals surface area contributed by atoms with E-state index in [-0.39, 0.29) is 16.9 Å². The maximum absolute atomic E-state index is 11.0. The van der Waals surface area contributed by atoms with Gasteiger partial charge in [0.1, 0.15) is 0 Å². The lowest BCUT2D eigenvalue weighted by atomic mass is 9.32. The maximum Gasteiger partial charge on any atom is 0.0602 e. The van der Waals surface area contributed by atoms with Crippen molar-refractivity contribution in [2.75, 3.05) is 46.4 Å². The number of rotatable bonds is 2. The van der Waals surface area contributed by atoms with Crippen LogP contribution in [0.3, 0.4) is 0 Å². The molecule has 6 aliphatic rings. The SMILES string of the molecule is CN1CCN(CC#C[C@@H]2CC[C@]3(CO)CC[C@]4(C)[C@H](CC[C@@H]5[C@@]6(C)CC[C@H](O)C(C)(C)[C@@H]6CC[C@]54C)[C@@H]23)CC1. The molecule has 6 rings (SSSR count). The van der Waals surface area contributed by atoms with Gasteiger partial charge in [0.05, 0.1) is 12.6 Å². The Morgan fingerprint density at radius 1 is 0.769 bits per heavy atom. The monoisotopic (exact) mass is 538 g/mol. The molecule has 0 aromatic carbocycles. The zero-order valence-electron chi connectivity index (χ0n) is 26.1. The Morgan fingerprint density at radius 3 is 2.23 bits per heavy atom. The van der Waals surface area contributed by atoms with Crippen LogP contribution in [0.1, 0.15) is 98.8 Å². The lowest BCUT2D eigenvalue weighted by Gasteiger charge is -2.72. The van der Waals surface area contributed by atoms with E-state index in [1.165, 1.54) is 57.8 Å². The van der Waals surface area contributed by atoms with Crippen LogP contribution in [0.2, 0.25) is 0 Å². The van der Waals surface area contributed by atoms with Crippen LogP contribution in [-0.2, 0) is 0 Å². The van der Waals surface area contributed by atoms with Crippen molar-refractivity contribution in [2.45, 2.75) is 105 Å². The molecule has 1 aliphatic heterocycles. The van der Waals surface area contributed by atoms with Gasteiger partial charge < -0.3 is 15.1 Å². The third-order valence-corrected chi connectivity index (χ3v) is 15.1. The van der Waals surface area contributed by atoms with Gasteiger partial charge in [-0.15, -0.1) is 0 Å². The van der Waals surface area contributed by atoms with Gasteiger partial charge in [0.25, 0.3) is 0 Å². The number of nitrogens with zero attached hydrogens (tertiary/aromatic N) is 2. The summed E-state index contributed by atoms with van der Waals surface area (Å²) in [6.07, 6.45) is 12.0. The fraction of sp³-hybridized carbons (Fsp3) is 0.943. The molecule has 0 amide bonds. The van der Waals surface area contributed by atoms with Gasteiger partial charge in [-0.2, -0.15) is 0 Å². The largest absolute Gasteiger partial charge is 0.396 e. The van der Waals surface area contributed by atoms with E-state index in [1.54, 1.807) is 0 Å². The summed E-state index contributed by atoms with van der Waals surface area (Å²) in [5.41, 5.74) is 1.09. The van der Waals surface area contributed by atoms with Gasteiger partial charge in [0, 0.05) is 38.7 Å². The Morgan fingerprint density at radius 2 is 1.51 bits per heavy atom. The van der Waals surface area contributed by atoms with Crippen LogP contribution in [0.4, 0.5) is 0 Å². The van der Waals surface area contributed by atoms with E-state index in [0.717, 1.165) is 45.1 Å². The van der Waals surface area contributed by atoms with Crippen molar-refractivity contribution >= 4 is 0 Å². The summed E-state index contributed by atoms with van der Waals surface area (Å²) in [5, 5.41) is 21.9. The number of likely N-dealkylation sites (N-methyl/N-ethyl adjacent to an activating group) is 1. The number of piperazine rings is 1. The fourth-order valence-electron chi connectivity index (χ4n) is 12.5. The molecule has 5 saturated carbocycles. The maximum atomic E-state index is 11.0. The predicted octanol–water partition coefficient (Wildman–Crippen LogP) is 5.67. The standard InChI is InChI=1S/C35H58N2O2/c1-31(2)27-12-15-34(5)28(32(27,3)14-13-29(31)39)10-9-26-30-25(8-7-19-37-22-20-36(6)21-23-37)11-16-35(30,24-38)18-17-33(26,34)4/h25-30,38-39H,9-24H2,1-6H3/t25-,26-,27+,28-,29+,30-,32+,33-,34-,35-/m1/s1.